The molecule has 9 nitrogen and oxygen atoms in total. The molecule has 192 valence electrons. The molecule has 0 radical (unpaired) electrons. The summed E-state index contributed by atoms with van der Waals surface area (Å²) in [4.78, 5) is 20.1. The summed E-state index contributed by atoms with van der Waals surface area (Å²) in [6, 6.07) is 15.0. The fraction of sp³-hybridized carbons (Fsp3) is 0.417. The number of hydrogen-bond donors (Lipinski definition) is 0. The minimum Gasteiger partial charge on any atom is -0.445 e. The summed E-state index contributed by atoms with van der Waals surface area (Å²) in [6.45, 7) is 1.75. The normalized spacial score (nSPS) is 21.1. The number of aliphatic imine (C=N–C) groups is 1. The third-order valence-corrected chi connectivity index (χ3v) is 5.67. The van der Waals surface area contributed by atoms with Crippen LogP contribution in [0.4, 0.5) is 23.7 Å². The van der Waals surface area contributed by atoms with Crippen molar-refractivity contribution in [2.24, 2.45) is 10.1 Å². The van der Waals surface area contributed by atoms with Gasteiger partial charge in [0.1, 0.15) is 6.61 Å². The maximum atomic E-state index is 13.7. The number of likely N-dealkylation sites (N-methyl/N-ethyl adjacent to an activating group) is 1. The molecule has 1 saturated heterocycles. The molecule has 1 fully saturated rings. The van der Waals surface area contributed by atoms with Crippen LogP contribution in [0.1, 0.15) is 25.3 Å². The van der Waals surface area contributed by atoms with Gasteiger partial charge in [-0.15, -0.1) is 0 Å². The third kappa shape index (κ3) is 7.37. The molecule has 4 atom stereocenters. The molecular formula is C24H26F3N5O4. The zero-order valence-electron chi connectivity index (χ0n) is 19.7. The van der Waals surface area contributed by atoms with Crippen molar-refractivity contribution in [3.63, 3.8) is 0 Å². The highest BCUT2D eigenvalue weighted by atomic mass is 19.4. The number of azide groups is 1. The van der Waals surface area contributed by atoms with Gasteiger partial charge in [-0.25, -0.2) is 9.79 Å². The summed E-state index contributed by atoms with van der Waals surface area (Å²) >= 11 is 0. The van der Waals surface area contributed by atoms with E-state index in [1.54, 1.807) is 13.0 Å². The Morgan fingerprint density at radius 2 is 1.81 bits per heavy atom. The fourth-order valence-corrected chi connectivity index (χ4v) is 3.56. The van der Waals surface area contributed by atoms with Gasteiger partial charge in [-0.1, -0.05) is 53.6 Å². The van der Waals surface area contributed by atoms with Gasteiger partial charge in [-0.3, -0.25) is 0 Å². The molecule has 12 heteroatoms. The van der Waals surface area contributed by atoms with E-state index in [1.165, 1.54) is 36.2 Å². The molecule has 36 heavy (non-hydrogen) atoms. The van der Waals surface area contributed by atoms with E-state index in [0.717, 1.165) is 5.56 Å². The van der Waals surface area contributed by atoms with Crippen molar-refractivity contribution in [1.29, 1.82) is 0 Å². The molecule has 0 aliphatic carbocycles. The van der Waals surface area contributed by atoms with E-state index >= 15 is 0 Å². The van der Waals surface area contributed by atoms with Crippen molar-refractivity contribution in [2.45, 2.75) is 57.0 Å². The van der Waals surface area contributed by atoms with Crippen LogP contribution < -0.4 is 0 Å². The highest BCUT2D eigenvalue weighted by Crippen LogP contribution is 2.30. The lowest BCUT2D eigenvalue weighted by atomic mass is 9.99. The second kappa shape index (κ2) is 12.3. The van der Waals surface area contributed by atoms with Crippen LogP contribution in [0, 0.1) is 0 Å². The smallest absolute Gasteiger partial charge is 0.445 e. The number of nitrogens with zero attached hydrogens (tertiary/aromatic N) is 5. The molecule has 0 N–H and O–H groups in total. The van der Waals surface area contributed by atoms with Crippen molar-refractivity contribution < 1.29 is 32.2 Å². The van der Waals surface area contributed by atoms with Gasteiger partial charge in [0.25, 0.3) is 5.90 Å². The van der Waals surface area contributed by atoms with Gasteiger partial charge in [0.2, 0.25) is 6.29 Å². The summed E-state index contributed by atoms with van der Waals surface area (Å²) in [5.41, 5.74) is 9.72. The predicted octanol–water partition coefficient (Wildman–Crippen LogP) is 6.14. The van der Waals surface area contributed by atoms with Gasteiger partial charge in [0, 0.05) is 12.0 Å². The number of ether oxygens (including phenoxy) is 3. The first kappa shape index (κ1) is 26.8. The highest BCUT2D eigenvalue weighted by Gasteiger charge is 2.44. The lowest BCUT2D eigenvalue weighted by molar-refractivity contribution is -0.191. The molecular weight excluding hydrogens is 479 g/mol. The van der Waals surface area contributed by atoms with E-state index in [9.17, 15) is 18.0 Å². The second-order valence-electron chi connectivity index (χ2n) is 8.15. The molecule has 1 aliphatic rings. The van der Waals surface area contributed by atoms with Crippen LogP contribution in [0.3, 0.4) is 0 Å². The molecule has 1 aliphatic heterocycles. The number of amides is 1. The Morgan fingerprint density at radius 1 is 1.17 bits per heavy atom. The SMILES string of the molecule is CC([C@@H]1CC[C@@H](N=[N+]=[N-])C(OC(=Nc2ccccc2)C(F)(F)F)O1)N(C)C(=O)OCc1ccccc1. The first-order chi connectivity index (χ1) is 17.2. The van der Waals surface area contributed by atoms with Crippen molar-refractivity contribution >= 4 is 17.7 Å². The molecule has 0 aromatic heterocycles. The Kier molecular flexibility index (Phi) is 9.15. The van der Waals surface area contributed by atoms with Crippen LogP contribution in [0.15, 0.2) is 70.8 Å². The highest BCUT2D eigenvalue weighted by molar-refractivity contribution is 5.84. The van der Waals surface area contributed by atoms with E-state index in [4.69, 9.17) is 19.7 Å². The first-order valence-corrected chi connectivity index (χ1v) is 11.2. The van der Waals surface area contributed by atoms with Crippen molar-refractivity contribution in [2.75, 3.05) is 7.05 Å². The van der Waals surface area contributed by atoms with E-state index in [0.29, 0.717) is 6.42 Å². The Balaban J connectivity index is 1.72. The van der Waals surface area contributed by atoms with Gasteiger partial charge in [-0.2, -0.15) is 13.2 Å². The number of benzene rings is 2. The van der Waals surface area contributed by atoms with Crippen LogP contribution in [0.2, 0.25) is 0 Å². The van der Waals surface area contributed by atoms with E-state index < -0.39 is 42.6 Å². The summed E-state index contributed by atoms with van der Waals surface area (Å²) < 4.78 is 57.4. The molecule has 2 aromatic rings. The summed E-state index contributed by atoms with van der Waals surface area (Å²) in [7, 11) is 1.51. The fourth-order valence-electron chi connectivity index (χ4n) is 3.56. The Bertz CT molecular complexity index is 1080. The maximum absolute atomic E-state index is 13.7. The van der Waals surface area contributed by atoms with Gasteiger partial charge < -0.3 is 19.1 Å². The average Bonchev–Trinajstić information content (AvgIpc) is 2.87. The number of hydrogen-bond acceptors (Lipinski definition) is 6. The van der Waals surface area contributed by atoms with Gasteiger partial charge in [-0.05, 0) is 43.0 Å². The number of para-hydroxylation sites is 1. The van der Waals surface area contributed by atoms with E-state index in [1.807, 2.05) is 30.3 Å². The lowest BCUT2D eigenvalue weighted by Gasteiger charge is -2.39. The summed E-state index contributed by atoms with van der Waals surface area (Å²) in [5, 5.41) is 3.55. The molecule has 2 unspecified atom stereocenters. The predicted molar refractivity (Wildman–Crippen MR) is 125 cm³/mol. The van der Waals surface area contributed by atoms with Crippen molar-refractivity contribution in [3.8, 4) is 0 Å². The molecule has 0 saturated carbocycles. The minimum absolute atomic E-state index is 0.0341. The summed E-state index contributed by atoms with van der Waals surface area (Å²) in [6.07, 6.45) is -7.30. The standard InChI is InChI=1S/C24H26F3N5O4/c1-16(32(2)23(33)34-15-17-9-5-3-6-10-17)20-14-13-19(30-31-28)21(35-20)36-22(24(25,26)27)29-18-11-7-4-8-12-18/h3-12,16,19-21H,13-15H2,1-2H3/t16?,19-,20+,21?/m1/s1. The number of carbonyl (C=O) groups is 1. The second-order valence-corrected chi connectivity index (χ2v) is 8.15. The van der Waals surface area contributed by atoms with Crippen LogP contribution >= 0.6 is 0 Å². The average molecular weight is 505 g/mol. The zero-order valence-corrected chi connectivity index (χ0v) is 19.7. The maximum Gasteiger partial charge on any atom is 0.468 e. The minimum atomic E-state index is -4.92. The van der Waals surface area contributed by atoms with Crippen LogP contribution in [0.5, 0.6) is 0 Å². The van der Waals surface area contributed by atoms with Gasteiger partial charge >= 0.3 is 12.3 Å². The molecule has 0 bridgehead atoms. The van der Waals surface area contributed by atoms with Crippen molar-refractivity contribution in [3.05, 3.63) is 76.7 Å². The van der Waals surface area contributed by atoms with Crippen LogP contribution in [-0.4, -0.2) is 54.6 Å². The number of alkyl halides is 3. The van der Waals surface area contributed by atoms with Crippen LogP contribution in [-0.2, 0) is 20.8 Å². The van der Waals surface area contributed by atoms with E-state index in [-0.39, 0.29) is 18.7 Å². The molecule has 1 amide bonds. The number of carbonyl (C=O) groups excluding carboxylic acids is 1. The Hall–Kier alpha value is -3.76. The van der Waals surface area contributed by atoms with E-state index in [2.05, 4.69) is 15.0 Å². The van der Waals surface area contributed by atoms with Crippen molar-refractivity contribution in [1.82, 2.24) is 4.90 Å². The van der Waals surface area contributed by atoms with Crippen LogP contribution in [0.25, 0.3) is 10.4 Å². The zero-order chi connectivity index (χ0) is 26.1. The third-order valence-electron chi connectivity index (χ3n) is 5.67. The summed E-state index contributed by atoms with van der Waals surface area (Å²) in [5.74, 6) is -1.53. The molecule has 1 heterocycles. The van der Waals surface area contributed by atoms with Gasteiger partial charge in [0.15, 0.2) is 0 Å². The largest absolute Gasteiger partial charge is 0.468 e. The molecule has 3 rings (SSSR count). The topological polar surface area (TPSA) is 109 Å². The first-order valence-electron chi connectivity index (χ1n) is 11.2. The lowest BCUT2D eigenvalue weighted by Crippen LogP contribution is -2.51. The molecule has 2 aromatic carbocycles. The Morgan fingerprint density at radius 3 is 2.42 bits per heavy atom. The monoisotopic (exact) mass is 505 g/mol. The quantitative estimate of drug-likeness (QED) is 0.148. The number of rotatable bonds is 7. The van der Waals surface area contributed by atoms with Gasteiger partial charge in [0.05, 0.1) is 23.9 Å². The number of halogens is 3. The molecule has 0 spiro atoms. The Labute approximate surface area is 206 Å².